The van der Waals surface area contributed by atoms with Gasteiger partial charge in [-0.1, -0.05) is 20.3 Å². The van der Waals surface area contributed by atoms with Gasteiger partial charge in [0.2, 0.25) is 0 Å². The number of thioether (sulfide) groups is 1. The minimum atomic E-state index is 0.173. The van der Waals surface area contributed by atoms with Crippen molar-refractivity contribution < 1.29 is 4.74 Å². The summed E-state index contributed by atoms with van der Waals surface area (Å²) < 4.78 is 6.26. The number of hydrogen-bond donors (Lipinski definition) is 2. The Hall–Kier alpha value is 0.230. The Morgan fingerprint density at radius 3 is 2.57 bits per heavy atom. The van der Waals surface area contributed by atoms with Gasteiger partial charge in [-0.25, -0.2) is 0 Å². The van der Waals surface area contributed by atoms with Crippen LogP contribution in [0, 0.1) is 17.3 Å². The molecule has 3 fully saturated rings. The van der Waals surface area contributed by atoms with Crippen molar-refractivity contribution in [2.24, 2.45) is 23.1 Å². The van der Waals surface area contributed by atoms with Gasteiger partial charge < -0.3 is 4.74 Å². The molecule has 2 aliphatic heterocycles. The van der Waals surface area contributed by atoms with Crippen molar-refractivity contribution in [2.75, 3.05) is 18.1 Å². The predicted molar refractivity (Wildman–Crippen MR) is 90.2 cm³/mol. The van der Waals surface area contributed by atoms with E-state index in [2.05, 4.69) is 31.0 Å². The molecule has 1 saturated carbocycles. The molecule has 2 saturated heterocycles. The van der Waals surface area contributed by atoms with Crippen molar-refractivity contribution in [2.45, 2.75) is 70.4 Å². The maximum absolute atomic E-state index is 6.26. The molecule has 0 aromatic rings. The largest absolute Gasteiger partial charge is 0.375 e. The number of ether oxygens (including phenoxy) is 1. The first-order chi connectivity index (χ1) is 10.1. The van der Waals surface area contributed by atoms with Crippen LogP contribution >= 0.6 is 11.8 Å². The van der Waals surface area contributed by atoms with E-state index in [1.54, 1.807) is 0 Å². The molecular weight excluding hydrogens is 280 g/mol. The van der Waals surface area contributed by atoms with Crippen LogP contribution in [0.4, 0.5) is 0 Å². The molecule has 3 N–H and O–H groups in total. The minimum Gasteiger partial charge on any atom is -0.375 e. The Bertz CT molecular complexity index is 349. The highest BCUT2D eigenvalue weighted by Gasteiger charge is 2.46. The first kappa shape index (κ1) is 16.1. The smallest absolute Gasteiger partial charge is 0.0701 e. The molecule has 3 aliphatic rings. The predicted octanol–water partition coefficient (Wildman–Crippen LogP) is 3.34. The Morgan fingerprint density at radius 1 is 1.19 bits per heavy atom. The quantitative estimate of drug-likeness (QED) is 0.620. The highest BCUT2D eigenvalue weighted by molar-refractivity contribution is 7.99. The lowest BCUT2D eigenvalue weighted by Gasteiger charge is -2.47. The van der Waals surface area contributed by atoms with Crippen molar-refractivity contribution in [1.82, 2.24) is 5.43 Å². The van der Waals surface area contributed by atoms with Crippen molar-refractivity contribution in [3.63, 3.8) is 0 Å². The SMILES string of the molecule is CC1(C)CCCC1C(NN)C1CCOC2(CCSCC2)C1. The molecule has 0 aromatic heterocycles. The van der Waals surface area contributed by atoms with Gasteiger partial charge in [0.05, 0.1) is 5.60 Å². The molecule has 122 valence electrons. The van der Waals surface area contributed by atoms with Crippen molar-refractivity contribution in [3.8, 4) is 0 Å². The summed E-state index contributed by atoms with van der Waals surface area (Å²) in [5.41, 5.74) is 3.84. The molecule has 3 rings (SSSR count). The zero-order valence-electron chi connectivity index (χ0n) is 13.7. The number of nitrogens with two attached hydrogens (primary N) is 1. The summed E-state index contributed by atoms with van der Waals surface area (Å²) in [5.74, 6) is 9.97. The normalized spacial score (nSPS) is 36.7. The molecule has 0 aromatic carbocycles. The zero-order valence-corrected chi connectivity index (χ0v) is 14.5. The fraction of sp³-hybridized carbons (Fsp3) is 1.00. The van der Waals surface area contributed by atoms with Crippen LogP contribution in [-0.4, -0.2) is 29.8 Å². The zero-order chi connectivity index (χ0) is 14.9. The van der Waals surface area contributed by atoms with Gasteiger partial charge in [0, 0.05) is 12.6 Å². The van der Waals surface area contributed by atoms with Gasteiger partial charge in [0.15, 0.2) is 0 Å². The van der Waals surface area contributed by atoms with Crippen LogP contribution in [0.5, 0.6) is 0 Å². The molecule has 1 aliphatic carbocycles. The fourth-order valence-electron chi connectivity index (χ4n) is 5.06. The van der Waals surface area contributed by atoms with Gasteiger partial charge in [-0.3, -0.25) is 11.3 Å². The lowest BCUT2D eigenvalue weighted by atomic mass is 9.69. The molecule has 3 unspecified atom stereocenters. The lowest BCUT2D eigenvalue weighted by Crippen LogP contribution is -2.54. The average molecular weight is 313 g/mol. The maximum Gasteiger partial charge on any atom is 0.0701 e. The average Bonchev–Trinajstić information content (AvgIpc) is 2.81. The van der Waals surface area contributed by atoms with E-state index in [0.29, 0.717) is 17.4 Å². The van der Waals surface area contributed by atoms with Gasteiger partial charge in [0.25, 0.3) is 0 Å². The standard InChI is InChI=1S/C17H32N2OS/c1-16(2)6-3-4-14(16)15(19-18)13-5-9-20-17(12-13)7-10-21-11-8-17/h13-15,19H,3-12,18H2,1-2H3. The third-order valence-corrected chi connectivity index (χ3v) is 7.39. The summed E-state index contributed by atoms with van der Waals surface area (Å²) in [4.78, 5) is 0. The molecule has 21 heavy (non-hydrogen) atoms. The van der Waals surface area contributed by atoms with Crippen molar-refractivity contribution in [3.05, 3.63) is 0 Å². The van der Waals surface area contributed by atoms with Crippen LogP contribution in [0.1, 0.15) is 58.8 Å². The van der Waals surface area contributed by atoms with E-state index in [0.717, 1.165) is 12.5 Å². The van der Waals surface area contributed by atoms with E-state index in [1.165, 1.54) is 56.5 Å². The van der Waals surface area contributed by atoms with Crippen LogP contribution in [0.15, 0.2) is 0 Å². The number of hydrazine groups is 1. The van der Waals surface area contributed by atoms with Crippen LogP contribution in [0.2, 0.25) is 0 Å². The lowest BCUT2D eigenvalue weighted by molar-refractivity contribution is -0.112. The van der Waals surface area contributed by atoms with Crippen LogP contribution < -0.4 is 11.3 Å². The van der Waals surface area contributed by atoms with Crippen LogP contribution in [0.3, 0.4) is 0 Å². The Kier molecular flexibility index (Phi) is 4.90. The highest BCUT2D eigenvalue weighted by Crippen LogP contribution is 2.49. The monoisotopic (exact) mass is 312 g/mol. The third-order valence-electron chi connectivity index (χ3n) is 6.41. The molecule has 3 nitrogen and oxygen atoms in total. The van der Waals surface area contributed by atoms with Crippen molar-refractivity contribution in [1.29, 1.82) is 0 Å². The first-order valence-corrected chi connectivity index (χ1v) is 9.90. The summed E-state index contributed by atoms with van der Waals surface area (Å²) in [6.07, 6.45) is 8.91. The van der Waals surface area contributed by atoms with Gasteiger partial charge in [0.1, 0.15) is 0 Å². The fourth-order valence-corrected chi connectivity index (χ4v) is 6.30. The number of nitrogens with one attached hydrogen (secondary N) is 1. The second-order valence-electron chi connectivity index (χ2n) is 8.08. The summed E-state index contributed by atoms with van der Waals surface area (Å²) in [7, 11) is 0. The highest BCUT2D eigenvalue weighted by atomic mass is 32.2. The molecule has 0 radical (unpaired) electrons. The maximum atomic E-state index is 6.26. The second kappa shape index (κ2) is 6.38. The van der Waals surface area contributed by atoms with E-state index < -0.39 is 0 Å². The van der Waals surface area contributed by atoms with E-state index in [-0.39, 0.29) is 5.60 Å². The molecule has 0 bridgehead atoms. The van der Waals surface area contributed by atoms with Gasteiger partial charge in [-0.15, -0.1) is 0 Å². The summed E-state index contributed by atoms with van der Waals surface area (Å²) in [6.45, 7) is 5.80. The van der Waals surface area contributed by atoms with E-state index in [4.69, 9.17) is 10.6 Å². The third kappa shape index (κ3) is 3.29. The van der Waals surface area contributed by atoms with Crippen molar-refractivity contribution >= 4 is 11.8 Å². The molecule has 2 heterocycles. The molecule has 3 atom stereocenters. The summed E-state index contributed by atoms with van der Waals surface area (Å²) in [5, 5.41) is 0. The summed E-state index contributed by atoms with van der Waals surface area (Å²) >= 11 is 2.08. The van der Waals surface area contributed by atoms with Gasteiger partial charge in [-0.05, 0) is 67.3 Å². The van der Waals surface area contributed by atoms with E-state index >= 15 is 0 Å². The van der Waals surface area contributed by atoms with E-state index in [9.17, 15) is 0 Å². The van der Waals surface area contributed by atoms with Crippen LogP contribution in [0.25, 0.3) is 0 Å². The molecular formula is C17H32N2OS. The summed E-state index contributed by atoms with van der Waals surface area (Å²) in [6, 6.07) is 0.470. The van der Waals surface area contributed by atoms with E-state index in [1.807, 2.05) is 0 Å². The van der Waals surface area contributed by atoms with Crippen LogP contribution in [-0.2, 0) is 4.74 Å². The van der Waals surface area contributed by atoms with Gasteiger partial charge >= 0.3 is 0 Å². The minimum absolute atomic E-state index is 0.173. The number of rotatable bonds is 3. The van der Waals surface area contributed by atoms with Gasteiger partial charge in [-0.2, -0.15) is 11.8 Å². The molecule has 1 spiro atoms. The topological polar surface area (TPSA) is 47.3 Å². The number of hydrogen-bond acceptors (Lipinski definition) is 4. The Labute approximate surface area is 134 Å². The molecule has 0 amide bonds. The Morgan fingerprint density at radius 2 is 1.95 bits per heavy atom. The first-order valence-electron chi connectivity index (χ1n) is 8.74. The second-order valence-corrected chi connectivity index (χ2v) is 9.30. The molecule has 4 heteroatoms. The Balaban J connectivity index is 1.71.